The van der Waals surface area contributed by atoms with Gasteiger partial charge < -0.3 is 14.1 Å². The molecular formula is C17H16N2O4S. The summed E-state index contributed by atoms with van der Waals surface area (Å²) in [6.07, 6.45) is 1.72. The Bertz CT molecular complexity index is 904. The van der Waals surface area contributed by atoms with Crippen molar-refractivity contribution in [3.63, 3.8) is 0 Å². The Kier molecular flexibility index (Phi) is 4.61. The molecule has 0 fully saturated rings. The van der Waals surface area contributed by atoms with Gasteiger partial charge in [0.25, 0.3) is 5.91 Å². The molecule has 0 aliphatic rings. The number of nitrogens with zero attached hydrogens (tertiary/aromatic N) is 2. The summed E-state index contributed by atoms with van der Waals surface area (Å²) in [5.74, 6) is 0.313. The van der Waals surface area contributed by atoms with Crippen molar-refractivity contribution in [2.24, 2.45) is 0 Å². The minimum Gasteiger partial charge on any atom is -0.484 e. The molecule has 0 saturated heterocycles. The number of carbonyl (C=O) groups excluding carboxylic acids is 1. The Hall–Kier alpha value is -2.67. The standard InChI is InChI=1S/C17H16N2O4S/c1-11(17-18-7-8-24-17)19(2)15(20)10-22-13-5-3-12-4-6-16(21)23-14(12)9-13/h3-9,11H,10H2,1-2H3. The Morgan fingerprint density at radius 3 is 2.92 bits per heavy atom. The predicted molar refractivity (Wildman–Crippen MR) is 91.3 cm³/mol. The maximum atomic E-state index is 12.3. The zero-order valence-corrected chi connectivity index (χ0v) is 14.1. The summed E-state index contributed by atoms with van der Waals surface area (Å²) in [5.41, 5.74) is 0.00434. The molecule has 3 aromatic rings. The van der Waals surface area contributed by atoms with Gasteiger partial charge >= 0.3 is 5.63 Å². The molecule has 7 heteroatoms. The summed E-state index contributed by atoms with van der Waals surface area (Å²) < 4.78 is 10.6. The topological polar surface area (TPSA) is 72.6 Å². The molecule has 3 rings (SSSR count). The molecule has 1 atom stereocenters. The molecule has 1 aromatic carbocycles. The number of rotatable bonds is 5. The number of hydrogen-bond donors (Lipinski definition) is 0. The maximum Gasteiger partial charge on any atom is 0.336 e. The first-order valence-corrected chi connectivity index (χ1v) is 8.24. The Morgan fingerprint density at radius 2 is 2.17 bits per heavy atom. The van der Waals surface area contributed by atoms with Gasteiger partial charge in [-0.15, -0.1) is 11.3 Å². The third-order valence-electron chi connectivity index (χ3n) is 3.74. The van der Waals surface area contributed by atoms with Gasteiger partial charge in [-0.05, 0) is 25.1 Å². The first kappa shape index (κ1) is 16.2. The van der Waals surface area contributed by atoms with Crippen LogP contribution >= 0.6 is 11.3 Å². The number of benzene rings is 1. The van der Waals surface area contributed by atoms with Gasteiger partial charge in [0.05, 0.1) is 6.04 Å². The SMILES string of the molecule is CC(c1nccs1)N(C)C(=O)COc1ccc2ccc(=O)oc2c1. The summed E-state index contributed by atoms with van der Waals surface area (Å²) >= 11 is 1.51. The second kappa shape index (κ2) is 6.84. The minimum atomic E-state index is -0.423. The highest BCUT2D eigenvalue weighted by atomic mass is 32.1. The zero-order valence-electron chi connectivity index (χ0n) is 13.3. The highest BCUT2D eigenvalue weighted by molar-refractivity contribution is 7.09. The van der Waals surface area contributed by atoms with Gasteiger partial charge in [-0.2, -0.15) is 0 Å². The Balaban J connectivity index is 1.66. The fourth-order valence-electron chi connectivity index (χ4n) is 2.20. The molecule has 6 nitrogen and oxygen atoms in total. The van der Waals surface area contributed by atoms with Crippen LogP contribution in [0.1, 0.15) is 18.0 Å². The van der Waals surface area contributed by atoms with Crippen molar-refractivity contribution in [1.82, 2.24) is 9.88 Å². The quantitative estimate of drug-likeness (QED) is 0.666. The van der Waals surface area contributed by atoms with E-state index in [2.05, 4.69) is 4.98 Å². The molecule has 1 unspecified atom stereocenters. The van der Waals surface area contributed by atoms with Crippen LogP contribution in [0.5, 0.6) is 5.75 Å². The van der Waals surface area contributed by atoms with Crippen LogP contribution in [-0.4, -0.2) is 29.4 Å². The van der Waals surface area contributed by atoms with Crippen molar-refractivity contribution in [2.45, 2.75) is 13.0 Å². The number of likely N-dealkylation sites (N-methyl/N-ethyl adjacent to an activating group) is 1. The highest BCUT2D eigenvalue weighted by Crippen LogP contribution is 2.22. The van der Waals surface area contributed by atoms with Crippen molar-refractivity contribution in [3.05, 3.63) is 57.3 Å². The number of hydrogen-bond acceptors (Lipinski definition) is 6. The van der Waals surface area contributed by atoms with Crippen LogP contribution in [-0.2, 0) is 4.79 Å². The number of amides is 1. The highest BCUT2D eigenvalue weighted by Gasteiger charge is 2.19. The summed E-state index contributed by atoms with van der Waals surface area (Å²) in [7, 11) is 1.72. The van der Waals surface area contributed by atoms with E-state index in [1.807, 2.05) is 12.3 Å². The van der Waals surface area contributed by atoms with Crippen LogP contribution < -0.4 is 10.4 Å². The van der Waals surface area contributed by atoms with Crippen LogP contribution in [0.2, 0.25) is 0 Å². The van der Waals surface area contributed by atoms with Crippen molar-refractivity contribution in [1.29, 1.82) is 0 Å². The maximum absolute atomic E-state index is 12.3. The van der Waals surface area contributed by atoms with E-state index in [0.29, 0.717) is 11.3 Å². The first-order chi connectivity index (χ1) is 11.5. The summed E-state index contributed by atoms with van der Waals surface area (Å²) in [5, 5.41) is 3.55. The van der Waals surface area contributed by atoms with Gasteiger partial charge in [0.15, 0.2) is 6.61 Å². The van der Waals surface area contributed by atoms with E-state index in [4.69, 9.17) is 9.15 Å². The third kappa shape index (κ3) is 3.46. The molecule has 0 N–H and O–H groups in total. The van der Waals surface area contributed by atoms with Gasteiger partial charge in [0, 0.05) is 36.1 Å². The summed E-state index contributed by atoms with van der Waals surface area (Å²) in [6, 6.07) is 8.05. The van der Waals surface area contributed by atoms with E-state index in [9.17, 15) is 9.59 Å². The van der Waals surface area contributed by atoms with Gasteiger partial charge in [-0.1, -0.05) is 0 Å². The molecule has 0 radical (unpaired) electrons. The van der Waals surface area contributed by atoms with Crippen LogP contribution in [0.25, 0.3) is 11.0 Å². The molecule has 2 aromatic heterocycles. The number of ether oxygens (including phenoxy) is 1. The van der Waals surface area contributed by atoms with Gasteiger partial charge in [-0.25, -0.2) is 9.78 Å². The van der Waals surface area contributed by atoms with E-state index in [0.717, 1.165) is 10.4 Å². The average molecular weight is 344 g/mol. The van der Waals surface area contributed by atoms with Crippen molar-refractivity contribution in [3.8, 4) is 5.75 Å². The molecule has 24 heavy (non-hydrogen) atoms. The second-order valence-corrected chi connectivity index (χ2v) is 6.22. The first-order valence-electron chi connectivity index (χ1n) is 7.36. The smallest absolute Gasteiger partial charge is 0.336 e. The lowest BCUT2D eigenvalue weighted by molar-refractivity contribution is -0.134. The van der Waals surface area contributed by atoms with E-state index >= 15 is 0 Å². The van der Waals surface area contributed by atoms with E-state index in [1.54, 1.807) is 42.4 Å². The fraction of sp³-hybridized carbons (Fsp3) is 0.235. The molecule has 124 valence electrons. The lowest BCUT2D eigenvalue weighted by Gasteiger charge is -2.23. The Labute approximate surface area is 142 Å². The van der Waals surface area contributed by atoms with Gasteiger partial charge in [0.1, 0.15) is 16.3 Å². The van der Waals surface area contributed by atoms with Crippen molar-refractivity contribution < 1.29 is 13.9 Å². The molecular weight excluding hydrogens is 328 g/mol. The molecule has 0 spiro atoms. The molecule has 2 heterocycles. The van der Waals surface area contributed by atoms with Gasteiger partial charge in [0.2, 0.25) is 0 Å². The van der Waals surface area contributed by atoms with Crippen molar-refractivity contribution >= 4 is 28.2 Å². The number of aromatic nitrogens is 1. The van der Waals surface area contributed by atoms with Crippen LogP contribution in [0.4, 0.5) is 0 Å². The monoisotopic (exact) mass is 344 g/mol. The molecule has 0 aliphatic heterocycles. The van der Waals surface area contributed by atoms with E-state index in [-0.39, 0.29) is 18.6 Å². The third-order valence-corrected chi connectivity index (χ3v) is 4.69. The number of carbonyl (C=O) groups is 1. The van der Waals surface area contributed by atoms with E-state index in [1.165, 1.54) is 17.4 Å². The summed E-state index contributed by atoms with van der Waals surface area (Å²) in [6.45, 7) is 1.82. The predicted octanol–water partition coefficient (Wildman–Crippen LogP) is 2.85. The summed E-state index contributed by atoms with van der Waals surface area (Å²) in [4.78, 5) is 29.4. The lowest BCUT2D eigenvalue weighted by atomic mass is 10.2. The normalized spacial score (nSPS) is 12.1. The largest absolute Gasteiger partial charge is 0.484 e. The van der Waals surface area contributed by atoms with Gasteiger partial charge in [-0.3, -0.25) is 4.79 Å². The lowest BCUT2D eigenvalue weighted by Crippen LogP contribution is -2.33. The Morgan fingerprint density at radius 1 is 1.38 bits per heavy atom. The molecule has 0 aliphatic carbocycles. The number of thiazole rings is 1. The van der Waals surface area contributed by atoms with E-state index < -0.39 is 5.63 Å². The van der Waals surface area contributed by atoms with Crippen LogP contribution in [0.15, 0.2) is 51.1 Å². The van der Waals surface area contributed by atoms with Crippen molar-refractivity contribution in [2.75, 3.05) is 13.7 Å². The zero-order chi connectivity index (χ0) is 17.1. The average Bonchev–Trinajstić information content (AvgIpc) is 3.12. The molecule has 1 amide bonds. The van der Waals surface area contributed by atoms with Crippen LogP contribution in [0.3, 0.4) is 0 Å². The minimum absolute atomic E-state index is 0.102. The molecule has 0 saturated carbocycles. The fourth-order valence-corrected chi connectivity index (χ4v) is 2.94. The number of fused-ring (bicyclic) bond motifs is 1. The molecule has 0 bridgehead atoms. The van der Waals surface area contributed by atoms with Crippen LogP contribution in [0, 0.1) is 0 Å². The second-order valence-electron chi connectivity index (χ2n) is 5.29.